The number of rotatable bonds is 6. The summed E-state index contributed by atoms with van der Waals surface area (Å²) in [5, 5.41) is 14.0. The summed E-state index contributed by atoms with van der Waals surface area (Å²) < 4.78 is 5.23. The minimum absolute atomic E-state index is 0.0321. The van der Waals surface area contributed by atoms with Gasteiger partial charge in [0.2, 0.25) is 5.95 Å². The third-order valence-corrected chi connectivity index (χ3v) is 3.12. The van der Waals surface area contributed by atoms with Gasteiger partial charge >= 0.3 is 0 Å². The van der Waals surface area contributed by atoms with Gasteiger partial charge in [-0.3, -0.25) is 4.79 Å². The third kappa shape index (κ3) is 3.91. The van der Waals surface area contributed by atoms with Crippen LogP contribution in [0.3, 0.4) is 0 Å². The Morgan fingerprint density at radius 2 is 2.04 bits per heavy atom. The molecule has 7 nitrogen and oxygen atoms in total. The Kier molecular flexibility index (Phi) is 4.28. The van der Waals surface area contributed by atoms with Gasteiger partial charge in [-0.1, -0.05) is 0 Å². The van der Waals surface area contributed by atoms with Gasteiger partial charge in [0, 0.05) is 11.3 Å². The van der Waals surface area contributed by atoms with Crippen molar-refractivity contribution in [3.05, 3.63) is 60.2 Å². The van der Waals surface area contributed by atoms with E-state index in [0.717, 1.165) is 11.4 Å². The fraction of sp³-hybridized carbons (Fsp3) is 0.125. The van der Waals surface area contributed by atoms with Crippen LogP contribution in [0.4, 0.5) is 17.5 Å². The number of carbonyl (C=O) groups is 1. The molecule has 2 aromatic heterocycles. The highest BCUT2D eigenvalue weighted by Crippen LogP contribution is 2.16. The maximum absolute atomic E-state index is 11.3. The molecule has 2 heterocycles. The summed E-state index contributed by atoms with van der Waals surface area (Å²) in [6.45, 7) is 2.01. The standard InChI is InChI=1S/C16H15N5O2/c1-11(22)12-4-6-13(7-5-12)19-15-10-18-21-16(20-15)17-9-14-3-2-8-23-14/h2-8,10H,9H2,1H3,(H2,17,19,20,21). The largest absolute Gasteiger partial charge is 0.467 e. The molecule has 23 heavy (non-hydrogen) atoms. The number of nitrogens with zero attached hydrogens (tertiary/aromatic N) is 3. The van der Waals surface area contributed by atoms with Crippen LogP contribution in [0.15, 0.2) is 53.3 Å². The summed E-state index contributed by atoms with van der Waals surface area (Å²) in [5.41, 5.74) is 1.48. The van der Waals surface area contributed by atoms with Crippen molar-refractivity contribution in [1.82, 2.24) is 15.2 Å². The number of hydrogen-bond acceptors (Lipinski definition) is 7. The molecule has 0 saturated carbocycles. The average Bonchev–Trinajstić information content (AvgIpc) is 3.07. The molecule has 0 spiro atoms. The van der Waals surface area contributed by atoms with Gasteiger partial charge in [0.1, 0.15) is 5.76 Å². The van der Waals surface area contributed by atoms with E-state index in [0.29, 0.717) is 23.9 Å². The summed E-state index contributed by atoms with van der Waals surface area (Å²) in [5.74, 6) is 1.76. The Bertz CT molecular complexity index is 784. The predicted molar refractivity (Wildman–Crippen MR) is 85.6 cm³/mol. The summed E-state index contributed by atoms with van der Waals surface area (Å²) >= 11 is 0. The highest BCUT2D eigenvalue weighted by molar-refractivity contribution is 5.94. The SMILES string of the molecule is CC(=O)c1ccc(Nc2cnnc(NCc3ccco3)n2)cc1. The van der Waals surface area contributed by atoms with Gasteiger partial charge < -0.3 is 15.1 Å². The Labute approximate surface area is 132 Å². The zero-order valence-corrected chi connectivity index (χ0v) is 12.5. The number of furan rings is 1. The van der Waals surface area contributed by atoms with E-state index in [1.807, 2.05) is 24.3 Å². The smallest absolute Gasteiger partial charge is 0.245 e. The normalized spacial score (nSPS) is 10.3. The summed E-state index contributed by atoms with van der Waals surface area (Å²) in [4.78, 5) is 15.6. The number of Topliss-reactive ketones (excluding diaryl/α,β-unsaturated/α-hetero) is 1. The van der Waals surface area contributed by atoms with Gasteiger partial charge in [-0.15, -0.1) is 5.10 Å². The lowest BCUT2D eigenvalue weighted by Gasteiger charge is -2.07. The molecule has 0 aliphatic carbocycles. The van der Waals surface area contributed by atoms with Crippen molar-refractivity contribution in [2.24, 2.45) is 0 Å². The summed E-state index contributed by atoms with van der Waals surface area (Å²) in [6, 6.07) is 10.8. The minimum atomic E-state index is 0.0321. The van der Waals surface area contributed by atoms with Crippen molar-refractivity contribution in [1.29, 1.82) is 0 Å². The molecule has 0 fully saturated rings. The molecule has 0 aliphatic heterocycles. The molecule has 1 aromatic carbocycles. The van der Waals surface area contributed by atoms with E-state index in [4.69, 9.17) is 4.42 Å². The molecule has 0 radical (unpaired) electrons. The molecule has 0 bridgehead atoms. The number of nitrogens with one attached hydrogen (secondary N) is 2. The summed E-state index contributed by atoms with van der Waals surface area (Å²) in [6.07, 6.45) is 3.13. The van der Waals surface area contributed by atoms with Crippen LogP contribution in [0.25, 0.3) is 0 Å². The molecule has 0 aliphatic rings. The van der Waals surface area contributed by atoms with Crippen LogP contribution in [0, 0.1) is 0 Å². The summed E-state index contributed by atoms with van der Waals surface area (Å²) in [7, 11) is 0. The number of aromatic nitrogens is 3. The molecule has 0 saturated heterocycles. The highest BCUT2D eigenvalue weighted by Gasteiger charge is 2.03. The Balaban J connectivity index is 1.66. The fourth-order valence-electron chi connectivity index (χ4n) is 1.95. The van der Waals surface area contributed by atoms with Crippen molar-refractivity contribution in [3.8, 4) is 0 Å². The van der Waals surface area contributed by atoms with E-state index < -0.39 is 0 Å². The lowest BCUT2D eigenvalue weighted by atomic mass is 10.1. The van der Waals surface area contributed by atoms with E-state index in [9.17, 15) is 4.79 Å². The monoisotopic (exact) mass is 309 g/mol. The lowest BCUT2D eigenvalue weighted by molar-refractivity contribution is 0.101. The number of ketones is 1. The average molecular weight is 309 g/mol. The van der Waals surface area contributed by atoms with Crippen molar-refractivity contribution in [2.75, 3.05) is 10.6 Å². The Morgan fingerprint density at radius 3 is 2.74 bits per heavy atom. The molecule has 3 rings (SSSR count). The third-order valence-electron chi connectivity index (χ3n) is 3.12. The molecular weight excluding hydrogens is 294 g/mol. The van der Waals surface area contributed by atoms with Crippen LogP contribution in [0.1, 0.15) is 23.0 Å². The quantitative estimate of drug-likeness (QED) is 0.676. The second-order valence-electron chi connectivity index (χ2n) is 4.86. The van der Waals surface area contributed by atoms with Gasteiger partial charge in [-0.25, -0.2) is 0 Å². The molecule has 0 unspecified atom stereocenters. The Hall–Kier alpha value is -3.22. The molecule has 7 heteroatoms. The van der Waals surface area contributed by atoms with Gasteiger partial charge in [0.25, 0.3) is 0 Å². The van der Waals surface area contributed by atoms with Crippen LogP contribution in [-0.2, 0) is 6.54 Å². The van der Waals surface area contributed by atoms with Gasteiger partial charge in [0.05, 0.1) is 19.0 Å². The van der Waals surface area contributed by atoms with Crippen molar-refractivity contribution in [3.63, 3.8) is 0 Å². The topological polar surface area (TPSA) is 92.9 Å². The van der Waals surface area contributed by atoms with Crippen LogP contribution in [0.2, 0.25) is 0 Å². The molecule has 3 aromatic rings. The first-order valence-corrected chi connectivity index (χ1v) is 7.05. The lowest BCUT2D eigenvalue weighted by Crippen LogP contribution is -2.06. The van der Waals surface area contributed by atoms with Gasteiger partial charge in [0.15, 0.2) is 11.6 Å². The molecular formula is C16H15N5O2. The van der Waals surface area contributed by atoms with Crippen LogP contribution >= 0.6 is 0 Å². The van der Waals surface area contributed by atoms with Crippen LogP contribution < -0.4 is 10.6 Å². The predicted octanol–water partition coefficient (Wildman–Crippen LogP) is 3.02. The zero-order chi connectivity index (χ0) is 16.1. The maximum Gasteiger partial charge on any atom is 0.245 e. The minimum Gasteiger partial charge on any atom is -0.467 e. The molecule has 0 atom stereocenters. The van der Waals surface area contributed by atoms with Gasteiger partial charge in [-0.05, 0) is 43.3 Å². The maximum atomic E-state index is 11.3. The first-order valence-electron chi connectivity index (χ1n) is 7.05. The second kappa shape index (κ2) is 6.69. The van der Waals surface area contributed by atoms with Crippen LogP contribution in [0.5, 0.6) is 0 Å². The van der Waals surface area contributed by atoms with E-state index >= 15 is 0 Å². The number of hydrogen-bond donors (Lipinski definition) is 2. The first kappa shape index (κ1) is 14.7. The number of anilines is 3. The molecule has 2 N–H and O–H groups in total. The molecule has 116 valence electrons. The fourth-order valence-corrected chi connectivity index (χ4v) is 1.95. The number of benzene rings is 1. The van der Waals surface area contributed by atoms with Crippen LogP contribution in [-0.4, -0.2) is 21.0 Å². The zero-order valence-electron chi connectivity index (χ0n) is 12.5. The van der Waals surface area contributed by atoms with Crippen molar-refractivity contribution < 1.29 is 9.21 Å². The van der Waals surface area contributed by atoms with Gasteiger partial charge in [-0.2, -0.15) is 10.1 Å². The Morgan fingerprint density at radius 1 is 1.22 bits per heavy atom. The highest BCUT2D eigenvalue weighted by atomic mass is 16.3. The van der Waals surface area contributed by atoms with Crippen molar-refractivity contribution >= 4 is 23.2 Å². The van der Waals surface area contributed by atoms with E-state index in [2.05, 4.69) is 25.8 Å². The second-order valence-corrected chi connectivity index (χ2v) is 4.86. The molecule has 0 amide bonds. The number of carbonyl (C=O) groups excluding carboxylic acids is 1. The van der Waals surface area contributed by atoms with Crippen molar-refractivity contribution in [2.45, 2.75) is 13.5 Å². The van der Waals surface area contributed by atoms with E-state index in [1.165, 1.54) is 13.1 Å². The van der Waals surface area contributed by atoms with E-state index in [-0.39, 0.29) is 5.78 Å². The first-order chi connectivity index (χ1) is 11.2. The van der Waals surface area contributed by atoms with E-state index in [1.54, 1.807) is 18.4 Å².